The maximum atomic E-state index is 12.2. The van der Waals surface area contributed by atoms with Gasteiger partial charge in [-0.2, -0.15) is 0 Å². The van der Waals surface area contributed by atoms with Crippen LogP contribution in [0.4, 0.5) is 5.82 Å². The Kier molecular flexibility index (Phi) is 4.26. The summed E-state index contributed by atoms with van der Waals surface area (Å²) in [5.74, 6) is 1.66. The van der Waals surface area contributed by atoms with Gasteiger partial charge in [-0.25, -0.2) is 9.97 Å². The highest BCUT2D eigenvalue weighted by Gasteiger charge is 2.29. The molecule has 2 aliphatic rings. The fraction of sp³-hybridized carbons (Fsp3) is 0.667. The number of carbonyl (C=O) groups excluding carboxylic acids is 1. The summed E-state index contributed by atoms with van der Waals surface area (Å²) in [6.07, 6.45) is 0.777. The number of anilines is 1. The average Bonchev–Trinajstić information content (AvgIpc) is 2.54. The van der Waals surface area contributed by atoms with Crippen LogP contribution in [0, 0.1) is 0 Å². The lowest BCUT2D eigenvalue weighted by molar-refractivity contribution is 0.0462. The summed E-state index contributed by atoms with van der Waals surface area (Å²) in [6, 6.07) is 0. The number of amides is 1. The minimum Gasteiger partial charge on any atom is -0.373 e. The molecule has 3 heterocycles. The molecule has 7 nitrogen and oxygen atoms in total. The topological polar surface area (TPSA) is 93.4 Å². The van der Waals surface area contributed by atoms with Crippen LogP contribution < -0.4 is 16.0 Å². The van der Waals surface area contributed by atoms with Gasteiger partial charge in [0.15, 0.2) is 0 Å². The Hall–Kier alpha value is -1.73. The molecule has 0 aliphatic carbocycles. The van der Waals surface area contributed by atoms with Crippen molar-refractivity contribution in [2.45, 2.75) is 32.3 Å². The number of carbonyl (C=O) groups is 1. The Labute approximate surface area is 130 Å². The van der Waals surface area contributed by atoms with Crippen molar-refractivity contribution in [2.75, 3.05) is 37.7 Å². The van der Waals surface area contributed by atoms with E-state index in [0.717, 1.165) is 24.3 Å². The van der Waals surface area contributed by atoms with Crippen molar-refractivity contribution < 1.29 is 9.53 Å². The van der Waals surface area contributed by atoms with Crippen LogP contribution in [-0.2, 0) is 11.2 Å². The minimum atomic E-state index is -0.101. The van der Waals surface area contributed by atoms with Gasteiger partial charge in [-0.05, 0) is 6.42 Å². The molecule has 22 heavy (non-hydrogen) atoms. The second-order valence-electron chi connectivity index (χ2n) is 6.07. The van der Waals surface area contributed by atoms with E-state index in [1.165, 1.54) is 0 Å². The van der Waals surface area contributed by atoms with E-state index in [4.69, 9.17) is 15.5 Å². The zero-order chi connectivity index (χ0) is 15.7. The molecule has 0 aromatic carbocycles. The largest absolute Gasteiger partial charge is 0.373 e. The van der Waals surface area contributed by atoms with Crippen molar-refractivity contribution in [1.82, 2.24) is 15.3 Å². The number of rotatable bonds is 3. The van der Waals surface area contributed by atoms with Gasteiger partial charge in [0, 0.05) is 37.7 Å². The minimum absolute atomic E-state index is 0.0132. The van der Waals surface area contributed by atoms with Crippen LogP contribution in [0.1, 0.15) is 41.6 Å². The van der Waals surface area contributed by atoms with E-state index in [-0.39, 0.29) is 17.9 Å². The molecule has 1 aromatic heterocycles. The maximum Gasteiger partial charge on any atom is 0.270 e. The monoisotopic (exact) mass is 305 g/mol. The Morgan fingerprint density at radius 2 is 2.27 bits per heavy atom. The molecule has 7 heteroatoms. The number of fused-ring (bicyclic) bond motifs is 1. The zero-order valence-electron chi connectivity index (χ0n) is 13.1. The van der Waals surface area contributed by atoms with Crippen molar-refractivity contribution in [2.24, 2.45) is 5.73 Å². The standard InChI is InChI=1S/C15H23N5O2/c1-9(2)13-18-12-11(3-4-17-15(12)21)14(19-13)20-5-6-22-10(7-16)8-20/h9-10H,3-8,16H2,1-2H3,(H,17,21). The van der Waals surface area contributed by atoms with E-state index in [1.807, 2.05) is 13.8 Å². The molecule has 1 saturated heterocycles. The maximum absolute atomic E-state index is 12.2. The van der Waals surface area contributed by atoms with E-state index in [0.29, 0.717) is 37.8 Å². The number of hydrogen-bond donors (Lipinski definition) is 2. The third-order valence-corrected chi connectivity index (χ3v) is 4.10. The summed E-state index contributed by atoms with van der Waals surface area (Å²) >= 11 is 0. The second kappa shape index (κ2) is 6.18. The molecular weight excluding hydrogens is 282 g/mol. The number of nitrogens with zero attached hydrogens (tertiary/aromatic N) is 3. The molecule has 0 spiro atoms. The zero-order valence-corrected chi connectivity index (χ0v) is 13.1. The van der Waals surface area contributed by atoms with E-state index < -0.39 is 0 Å². The summed E-state index contributed by atoms with van der Waals surface area (Å²) in [6.45, 7) is 7.29. The highest BCUT2D eigenvalue weighted by atomic mass is 16.5. The van der Waals surface area contributed by atoms with Crippen molar-refractivity contribution in [3.63, 3.8) is 0 Å². The van der Waals surface area contributed by atoms with Gasteiger partial charge in [-0.15, -0.1) is 0 Å². The Balaban J connectivity index is 2.03. The summed E-state index contributed by atoms with van der Waals surface area (Å²) in [4.78, 5) is 23.6. The lowest BCUT2D eigenvalue weighted by Crippen LogP contribution is -2.47. The predicted octanol–water partition coefficient (Wildman–Crippen LogP) is 0.0498. The fourth-order valence-electron chi connectivity index (χ4n) is 2.87. The molecule has 0 saturated carbocycles. The van der Waals surface area contributed by atoms with Gasteiger partial charge in [0.05, 0.1) is 12.7 Å². The Bertz CT molecular complexity index is 575. The average molecular weight is 305 g/mol. The highest BCUT2D eigenvalue weighted by molar-refractivity contribution is 5.96. The lowest BCUT2D eigenvalue weighted by Gasteiger charge is -2.35. The number of ether oxygens (including phenoxy) is 1. The van der Waals surface area contributed by atoms with E-state index in [1.54, 1.807) is 0 Å². The highest BCUT2D eigenvalue weighted by Crippen LogP contribution is 2.27. The number of nitrogens with two attached hydrogens (primary N) is 1. The first-order chi connectivity index (χ1) is 10.6. The summed E-state index contributed by atoms with van der Waals surface area (Å²) in [7, 11) is 0. The lowest BCUT2D eigenvalue weighted by atomic mass is 10.0. The predicted molar refractivity (Wildman–Crippen MR) is 83.2 cm³/mol. The third kappa shape index (κ3) is 2.78. The number of hydrogen-bond acceptors (Lipinski definition) is 6. The van der Waals surface area contributed by atoms with Crippen LogP contribution in [0.2, 0.25) is 0 Å². The molecule has 0 radical (unpaired) electrons. The Morgan fingerprint density at radius 1 is 1.45 bits per heavy atom. The van der Waals surface area contributed by atoms with Gasteiger partial charge in [0.2, 0.25) is 0 Å². The van der Waals surface area contributed by atoms with E-state index in [9.17, 15) is 4.79 Å². The molecule has 1 aromatic rings. The van der Waals surface area contributed by atoms with Crippen LogP contribution in [0.3, 0.4) is 0 Å². The van der Waals surface area contributed by atoms with Crippen LogP contribution in [0.15, 0.2) is 0 Å². The van der Waals surface area contributed by atoms with Gasteiger partial charge in [-0.3, -0.25) is 4.79 Å². The van der Waals surface area contributed by atoms with Crippen LogP contribution in [-0.4, -0.2) is 54.8 Å². The van der Waals surface area contributed by atoms with Crippen molar-refractivity contribution in [1.29, 1.82) is 0 Å². The number of morpholine rings is 1. The van der Waals surface area contributed by atoms with Gasteiger partial charge in [0.1, 0.15) is 17.3 Å². The SMILES string of the molecule is CC(C)c1nc2c(c(N3CCOC(CN)C3)n1)CCNC2=O. The molecule has 2 aliphatic heterocycles. The van der Waals surface area contributed by atoms with Crippen molar-refractivity contribution in [3.05, 3.63) is 17.1 Å². The Morgan fingerprint density at radius 3 is 3.00 bits per heavy atom. The van der Waals surface area contributed by atoms with Gasteiger partial charge < -0.3 is 20.7 Å². The number of nitrogens with one attached hydrogen (secondary N) is 1. The van der Waals surface area contributed by atoms with Crippen LogP contribution in [0.25, 0.3) is 0 Å². The molecule has 3 rings (SSSR count). The number of aromatic nitrogens is 2. The normalized spacial score (nSPS) is 21.7. The quantitative estimate of drug-likeness (QED) is 0.819. The first-order valence-electron chi connectivity index (χ1n) is 7.85. The van der Waals surface area contributed by atoms with E-state index in [2.05, 4.69) is 15.2 Å². The smallest absolute Gasteiger partial charge is 0.270 e. The van der Waals surface area contributed by atoms with Crippen molar-refractivity contribution in [3.8, 4) is 0 Å². The molecular formula is C15H23N5O2. The summed E-state index contributed by atoms with van der Waals surface area (Å²) < 4.78 is 5.63. The molecule has 1 unspecified atom stereocenters. The molecule has 120 valence electrons. The first kappa shape index (κ1) is 15.2. The molecule has 3 N–H and O–H groups in total. The summed E-state index contributed by atoms with van der Waals surface area (Å²) in [5.41, 5.74) is 7.21. The van der Waals surface area contributed by atoms with Crippen LogP contribution in [0.5, 0.6) is 0 Å². The van der Waals surface area contributed by atoms with Crippen molar-refractivity contribution >= 4 is 11.7 Å². The first-order valence-corrected chi connectivity index (χ1v) is 7.85. The van der Waals surface area contributed by atoms with Gasteiger partial charge in [0.25, 0.3) is 5.91 Å². The fourth-order valence-corrected chi connectivity index (χ4v) is 2.87. The van der Waals surface area contributed by atoms with Gasteiger partial charge in [-0.1, -0.05) is 13.8 Å². The van der Waals surface area contributed by atoms with Gasteiger partial charge >= 0.3 is 0 Å². The third-order valence-electron chi connectivity index (χ3n) is 4.10. The molecule has 1 atom stereocenters. The second-order valence-corrected chi connectivity index (χ2v) is 6.07. The molecule has 1 fully saturated rings. The molecule has 0 bridgehead atoms. The summed E-state index contributed by atoms with van der Waals surface area (Å²) in [5, 5.41) is 2.86. The van der Waals surface area contributed by atoms with E-state index >= 15 is 0 Å². The van der Waals surface area contributed by atoms with Crippen LogP contribution >= 0.6 is 0 Å². The molecule has 1 amide bonds.